The molecule has 0 spiro atoms. The third-order valence-corrected chi connectivity index (χ3v) is 4.01. The van der Waals surface area contributed by atoms with Crippen molar-refractivity contribution in [1.29, 1.82) is 0 Å². The van der Waals surface area contributed by atoms with E-state index in [9.17, 15) is 12.8 Å². The quantitative estimate of drug-likeness (QED) is 0.856. The van der Waals surface area contributed by atoms with Gasteiger partial charge in [0, 0.05) is 18.2 Å². The average molecular weight is 274 g/mol. The summed E-state index contributed by atoms with van der Waals surface area (Å²) in [5.74, 6) is -0.368. The predicted octanol–water partition coefficient (Wildman–Crippen LogP) is 1.54. The zero-order chi connectivity index (χ0) is 13.9. The van der Waals surface area contributed by atoms with Crippen LogP contribution in [0.2, 0.25) is 0 Å². The molecule has 0 aliphatic heterocycles. The van der Waals surface area contributed by atoms with Gasteiger partial charge in [-0.3, -0.25) is 0 Å². The summed E-state index contributed by atoms with van der Waals surface area (Å²) in [4.78, 5) is 0.0975. The van der Waals surface area contributed by atoms with Gasteiger partial charge in [-0.25, -0.2) is 17.5 Å². The molecular formula is C12H19FN2O2S. The van der Waals surface area contributed by atoms with E-state index >= 15 is 0 Å². The molecule has 0 aliphatic rings. The Kier molecular flexibility index (Phi) is 4.84. The van der Waals surface area contributed by atoms with Crippen molar-refractivity contribution in [2.75, 3.05) is 7.05 Å². The fourth-order valence-electron chi connectivity index (χ4n) is 1.66. The molecule has 0 atom stereocenters. The summed E-state index contributed by atoms with van der Waals surface area (Å²) in [5.41, 5.74) is 0.675. The molecule has 0 saturated carbocycles. The number of nitrogens with one attached hydrogen (secondary N) is 2. The van der Waals surface area contributed by atoms with Crippen molar-refractivity contribution in [1.82, 2.24) is 10.0 Å². The summed E-state index contributed by atoms with van der Waals surface area (Å²) in [5, 5.41) is 2.82. The molecule has 18 heavy (non-hydrogen) atoms. The smallest absolute Gasteiger partial charge is 0.240 e. The Hall–Kier alpha value is -0.980. The molecule has 0 fully saturated rings. The van der Waals surface area contributed by atoms with Crippen molar-refractivity contribution in [3.05, 3.63) is 29.1 Å². The Balaban J connectivity index is 3.26. The SMILES string of the molecule is CNCc1cc(S(=O)(=O)NC(C)C)cc(C)c1F. The van der Waals surface area contributed by atoms with Crippen LogP contribution < -0.4 is 10.0 Å². The second-order valence-electron chi connectivity index (χ2n) is 4.52. The van der Waals surface area contributed by atoms with E-state index in [0.29, 0.717) is 11.1 Å². The number of aryl methyl sites for hydroxylation is 1. The van der Waals surface area contributed by atoms with Gasteiger partial charge in [0.1, 0.15) is 5.82 Å². The number of halogens is 1. The molecule has 0 radical (unpaired) electrons. The molecule has 0 unspecified atom stereocenters. The molecule has 4 nitrogen and oxygen atoms in total. The highest BCUT2D eigenvalue weighted by Gasteiger charge is 2.18. The Morgan fingerprint density at radius 1 is 1.33 bits per heavy atom. The molecule has 0 aliphatic carbocycles. The van der Waals surface area contributed by atoms with Crippen LogP contribution in [0.3, 0.4) is 0 Å². The lowest BCUT2D eigenvalue weighted by molar-refractivity contribution is 0.566. The second-order valence-corrected chi connectivity index (χ2v) is 6.23. The van der Waals surface area contributed by atoms with E-state index < -0.39 is 10.0 Å². The van der Waals surface area contributed by atoms with Gasteiger partial charge in [0.05, 0.1) is 4.90 Å². The molecule has 0 saturated heterocycles. The summed E-state index contributed by atoms with van der Waals surface area (Å²) >= 11 is 0. The van der Waals surface area contributed by atoms with Crippen LogP contribution in [0.4, 0.5) is 4.39 Å². The van der Waals surface area contributed by atoms with Gasteiger partial charge >= 0.3 is 0 Å². The number of hydrogen-bond donors (Lipinski definition) is 2. The maximum Gasteiger partial charge on any atom is 0.240 e. The van der Waals surface area contributed by atoms with E-state index in [2.05, 4.69) is 10.0 Å². The molecule has 0 heterocycles. The lowest BCUT2D eigenvalue weighted by Crippen LogP contribution is -2.30. The van der Waals surface area contributed by atoms with Crippen LogP contribution >= 0.6 is 0 Å². The largest absolute Gasteiger partial charge is 0.316 e. The molecule has 102 valence electrons. The lowest BCUT2D eigenvalue weighted by atomic mass is 10.1. The Bertz CT molecular complexity index is 527. The van der Waals surface area contributed by atoms with Gasteiger partial charge < -0.3 is 5.32 Å². The zero-order valence-electron chi connectivity index (χ0n) is 11.0. The van der Waals surface area contributed by atoms with Gasteiger partial charge in [-0.2, -0.15) is 0 Å². The predicted molar refractivity (Wildman–Crippen MR) is 69.4 cm³/mol. The summed E-state index contributed by atoms with van der Waals surface area (Å²) < 4.78 is 40.3. The molecule has 1 aromatic carbocycles. The first-order valence-corrected chi connectivity index (χ1v) is 7.22. The van der Waals surface area contributed by atoms with Crippen LogP contribution in [0.25, 0.3) is 0 Å². The molecule has 0 aromatic heterocycles. The van der Waals surface area contributed by atoms with Gasteiger partial charge in [0.25, 0.3) is 0 Å². The van der Waals surface area contributed by atoms with E-state index in [1.165, 1.54) is 12.1 Å². The minimum atomic E-state index is -3.58. The van der Waals surface area contributed by atoms with E-state index in [1.807, 2.05) is 0 Å². The van der Waals surface area contributed by atoms with Crippen molar-refractivity contribution in [3.8, 4) is 0 Å². The van der Waals surface area contributed by atoms with Crippen LogP contribution in [0.1, 0.15) is 25.0 Å². The van der Waals surface area contributed by atoms with Crippen molar-refractivity contribution < 1.29 is 12.8 Å². The maximum absolute atomic E-state index is 13.8. The van der Waals surface area contributed by atoms with Crippen molar-refractivity contribution >= 4 is 10.0 Å². The highest BCUT2D eigenvalue weighted by molar-refractivity contribution is 7.89. The molecule has 2 N–H and O–H groups in total. The molecule has 1 rings (SSSR count). The Morgan fingerprint density at radius 2 is 1.94 bits per heavy atom. The monoisotopic (exact) mass is 274 g/mol. The Morgan fingerprint density at radius 3 is 2.44 bits per heavy atom. The first kappa shape index (κ1) is 15.1. The van der Waals surface area contributed by atoms with E-state index in [1.54, 1.807) is 27.8 Å². The minimum absolute atomic E-state index is 0.0975. The van der Waals surface area contributed by atoms with E-state index in [4.69, 9.17) is 0 Å². The molecule has 0 amide bonds. The third-order valence-electron chi connectivity index (χ3n) is 2.37. The molecule has 1 aromatic rings. The van der Waals surface area contributed by atoms with Gasteiger partial charge in [-0.15, -0.1) is 0 Å². The first-order chi connectivity index (χ1) is 8.27. The standard InChI is InChI=1S/C12H19FN2O2S/c1-8(2)15-18(16,17)11-5-9(3)12(13)10(6-11)7-14-4/h5-6,8,14-15H,7H2,1-4H3. The summed E-state index contributed by atoms with van der Waals surface area (Å²) in [6, 6.07) is 2.51. The van der Waals surface area contributed by atoms with Crippen molar-refractivity contribution in [2.45, 2.75) is 38.3 Å². The summed E-state index contributed by atoms with van der Waals surface area (Å²) in [7, 11) is -1.90. The van der Waals surface area contributed by atoms with Gasteiger partial charge in [-0.05, 0) is 45.5 Å². The van der Waals surface area contributed by atoms with Crippen LogP contribution in [0.15, 0.2) is 17.0 Å². The molecule has 6 heteroatoms. The zero-order valence-corrected chi connectivity index (χ0v) is 11.9. The van der Waals surface area contributed by atoms with E-state index in [-0.39, 0.29) is 23.3 Å². The van der Waals surface area contributed by atoms with Crippen LogP contribution in [-0.2, 0) is 16.6 Å². The van der Waals surface area contributed by atoms with Crippen LogP contribution in [0.5, 0.6) is 0 Å². The van der Waals surface area contributed by atoms with Crippen LogP contribution in [-0.4, -0.2) is 21.5 Å². The fraction of sp³-hybridized carbons (Fsp3) is 0.500. The molecule has 0 bridgehead atoms. The maximum atomic E-state index is 13.8. The first-order valence-electron chi connectivity index (χ1n) is 5.74. The Labute approximate surface area is 108 Å². The van der Waals surface area contributed by atoms with Gasteiger partial charge in [-0.1, -0.05) is 0 Å². The number of hydrogen-bond acceptors (Lipinski definition) is 3. The van der Waals surface area contributed by atoms with Crippen molar-refractivity contribution in [2.24, 2.45) is 0 Å². The number of sulfonamides is 1. The molecular weight excluding hydrogens is 255 g/mol. The normalized spacial score (nSPS) is 12.1. The highest BCUT2D eigenvalue weighted by atomic mass is 32.2. The lowest BCUT2D eigenvalue weighted by Gasteiger charge is -2.13. The third kappa shape index (κ3) is 3.51. The number of rotatable bonds is 5. The summed E-state index contributed by atoms with van der Waals surface area (Å²) in [6.45, 7) is 5.32. The fourth-order valence-corrected chi connectivity index (χ4v) is 3.05. The topological polar surface area (TPSA) is 58.2 Å². The van der Waals surface area contributed by atoms with Crippen LogP contribution in [0, 0.1) is 12.7 Å². The van der Waals surface area contributed by atoms with Gasteiger partial charge in [0.15, 0.2) is 0 Å². The average Bonchev–Trinajstić information content (AvgIpc) is 2.22. The summed E-state index contributed by atoms with van der Waals surface area (Å²) in [6.07, 6.45) is 0. The minimum Gasteiger partial charge on any atom is -0.316 e. The second kappa shape index (κ2) is 5.77. The van der Waals surface area contributed by atoms with Crippen molar-refractivity contribution in [3.63, 3.8) is 0 Å². The number of benzene rings is 1. The highest BCUT2D eigenvalue weighted by Crippen LogP contribution is 2.19. The van der Waals surface area contributed by atoms with E-state index in [0.717, 1.165) is 0 Å². The van der Waals surface area contributed by atoms with Gasteiger partial charge in [0.2, 0.25) is 10.0 Å².